The van der Waals surface area contributed by atoms with Gasteiger partial charge in [-0.3, -0.25) is 0 Å². The number of benzene rings is 1. The quantitative estimate of drug-likeness (QED) is 0.917. The number of nitrogens with one attached hydrogen (secondary N) is 1. The fourth-order valence-corrected chi connectivity index (χ4v) is 4.68. The number of nitrogens with zero attached hydrogens (tertiary/aromatic N) is 1. The third-order valence-electron chi connectivity index (χ3n) is 3.84. The fraction of sp³-hybridized carbons (Fsp3) is 0.571. The van der Waals surface area contributed by atoms with Crippen LogP contribution in [0.1, 0.15) is 30.9 Å². The highest BCUT2D eigenvalue weighted by molar-refractivity contribution is 7.89. The van der Waals surface area contributed by atoms with Gasteiger partial charge in [0.1, 0.15) is 0 Å². The zero-order valence-electron chi connectivity index (χ0n) is 11.8. The molecule has 1 aliphatic rings. The maximum Gasteiger partial charge on any atom is 0.243 e. The van der Waals surface area contributed by atoms with E-state index in [1.807, 2.05) is 33.0 Å². The first-order chi connectivity index (χ1) is 8.98. The highest BCUT2D eigenvalue weighted by Gasteiger charge is 2.33. The Balaban J connectivity index is 2.43. The highest BCUT2D eigenvalue weighted by Crippen LogP contribution is 2.28. The monoisotopic (exact) mass is 282 g/mol. The molecule has 19 heavy (non-hydrogen) atoms. The second kappa shape index (κ2) is 5.61. The van der Waals surface area contributed by atoms with Crippen molar-refractivity contribution in [2.24, 2.45) is 0 Å². The normalized spacial score (nSPS) is 20.9. The summed E-state index contributed by atoms with van der Waals surface area (Å²) in [4.78, 5) is 0.453. The standard InChI is InChI=1S/C14H22N2O2S/c1-11-6-5-9-16(11)19(17,18)14-8-4-7-13(10-15-3)12(14)2/h4,7-8,11,15H,5-6,9-10H2,1-3H3. The smallest absolute Gasteiger partial charge is 0.243 e. The Kier molecular flexibility index (Phi) is 4.28. The van der Waals surface area contributed by atoms with Gasteiger partial charge in [0.25, 0.3) is 0 Å². The first-order valence-corrected chi connectivity index (χ1v) is 8.17. The molecule has 0 radical (unpaired) electrons. The molecule has 0 spiro atoms. The molecule has 0 aromatic heterocycles. The van der Waals surface area contributed by atoms with Crippen LogP contribution in [0.25, 0.3) is 0 Å². The second-order valence-electron chi connectivity index (χ2n) is 5.18. The lowest BCUT2D eigenvalue weighted by atomic mass is 10.1. The lowest BCUT2D eigenvalue weighted by Crippen LogP contribution is -2.34. The Hall–Kier alpha value is -0.910. The summed E-state index contributed by atoms with van der Waals surface area (Å²) in [6.07, 6.45) is 1.91. The summed E-state index contributed by atoms with van der Waals surface area (Å²) >= 11 is 0. The van der Waals surface area contributed by atoms with Crippen LogP contribution in [-0.2, 0) is 16.6 Å². The lowest BCUT2D eigenvalue weighted by molar-refractivity contribution is 0.408. The van der Waals surface area contributed by atoms with E-state index >= 15 is 0 Å². The molecule has 5 heteroatoms. The molecule has 1 heterocycles. The van der Waals surface area contributed by atoms with E-state index in [9.17, 15) is 8.42 Å². The molecule has 0 aliphatic carbocycles. The largest absolute Gasteiger partial charge is 0.316 e. The van der Waals surface area contributed by atoms with Crippen LogP contribution in [0.2, 0.25) is 0 Å². The lowest BCUT2D eigenvalue weighted by Gasteiger charge is -2.22. The zero-order valence-corrected chi connectivity index (χ0v) is 12.6. The Morgan fingerprint density at radius 2 is 2.16 bits per heavy atom. The van der Waals surface area contributed by atoms with E-state index in [0.717, 1.165) is 24.0 Å². The van der Waals surface area contributed by atoms with Crippen LogP contribution in [0.3, 0.4) is 0 Å². The molecule has 1 N–H and O–H groups in total. The minimum absolute atomic E-state index is 0.109. The third kappa shape index (κ3) is 2.68. The minimum atomic E-state index is -3.35. The molecule has 1 aliphatic heterocycles. The highest BCUT2D eigenvalue weighted by atomic mass is 32.2. The summed E-state index contributed by atoms with van der Waals surface area (Å²) in [5.74, 6) is 0. The molecule has 0 bridgehead atoms. The van der Waals surface area contributed by atoms with Crippen molar-refractivity contribution in [3.05, 3.63) is 29.3 Å². The molecule has 0 amide bonds. The molecule has 106 valence electrons. The molecule has 0 saturated carbocycles. The van der Waals surface area contributed by atoms with Gasteiger partial charge in [-0.05, 0) is 50.9 Å². The molecular weight excluding hydrogens is 260 g/mol. The van der Waals surface area contributed by atoms with Crippen molar-refractivity contribution in [2.75, 3.05) is 13.6 Å². The van der Waals surface area contributed by atoms with E-state index < -0.39 is 10.0 Å². The second-order valence-corrected chi connectivity index (χ2v) is 7.04. The summed E-state index contributed by atoms with van der Waals surface area (Å²) in [6.45, 7) is 5.20. The average molecular weight is 282 g/mol. The first-order valence-electron chi connectivity index (χ1n) is 6.73. The fourth-order valence-electron chi connectivity index (χ4n) is 2.71. The van der Waals surface area contributed by atoms with Crippen molar-refractivity contribution in [1.82, 2.24) is 9.62 Å². The van der Waals surface area contributed by atoms with E-state index in [0.29, 0.717) is 18.0 Å². The van der Waals surface area contributed by atoms with Crippen molar-refractivity contribution in [2.45, 2.75) is 44.2 Å². The summed E-state index contributed by atoms with van der Waals surface area (Å²) in [7, 11) is -1.49. The Bertz CT molecular complexity index is 555. The Labute approximate surface area is 115 Å². The van der Waals surface area contributed by atoms with Crippen molar-refractivity contribution >= 4 is 10.0 Å². The predicted molar refractivity (Wildman–Crippen MR) is 76.5 cm³/mol. The topological polar surface area (TPSA) is 49.4 Å². The average Bonchev–Trinajstić information content (AvgIpc) is 2.79. The van der Waals surface area contributed by atoms with Crippen molar-refractivity contribution in [3.8, 4) is 0 Å². The van der Waals surface area contributed by atoms with E-state index in [1.54, 1.807) is 10.4 Å². The number of rotatable bonds is 4. The van der Waals surface area contributed by atoms with Gasteiger partial charge < -0.3 is 5.32 Å². The summed E-state index contributed by atoms with van der Waals surface area (Å²) in [6, 6.07) is 5.62. The maximum atomic E-state index is 12.7. The van der Waals surface area contributed by atoms with E-state index in [2.05, 4.69) is 5.32 Å². The van der Waals surface area contributed by atoms with E-state index in [-0.39, 0.29) is 6.04 Å². The van der Waals surface area contributed by atoms with Crippen LogP contribution in [0.15, 0.2) is 23.1 Å². The SMILES string of the molecule is CNCc1cccc(S(=O)(=O)N2CCCC2C)c1C. The van der Waals surface area contributed by atoms with E-state index in [1.165, 1.54) is 0 Å². The van der Waals surface area contributed by atoms with Crippen LogP contribution in [0.4, 0.5) is 0 Å². The number of sulfonamides is 1. The van der Waals surface area contributed by atoms with Crippen LogP contribution < -0.4 is 5.32 Å². The molecule has 1 saturated heterocycles. The Morgan fingerprint density at radius 3 is 2.74 bits per heavy atom. The summed E-state index contributed by atoms with van der Waals surface area (Å²) in [5, 5.41) is 3.07. The summed E-state index contributed by atoms with van der Waals surface area (Å²) < 4.78 is 27.1. The molecule has 1 aromatic rings. The Morgan fingerprint density at radius 1 is 1.42 bits per heavy atom. The van der Waals surface area contributed by atoms with Gasteiger partial charge in [-0.15, -0.1) is 0 Å². The van der Waals surface area contributed by atoms with Crippen molar-refractivity contribution in [1.29, 1.82) is 0 Å². The van der Waals surface area contributed by atoms with Gasteiger partial charge in [0.15, 0.2) is 0 Å². The van der Waals surface area contributed by atoms with Gasteiger partial charge in [-0.1, -0.05) is 12.1 Å². The van der Waals surface area contributed by atoms with Gasteiger partial charge in [0.2, 0.25) is 10.0 Å². The molecule has 1 aromatic carbocycles. The van der Waals surface area contributed by atoms with E-state index in [4.69, 9.17) is 0 Å². The van der Waals surface area contributed by atoms with Gasteiger partial charge in [-0.25, -0.2) is 8.42 Å². The molecule has 4 nitrogen and oxygen atoms in total. The molecule has 1 fully saturated rings. The van der Waals surface area contributed by atoms with Gasteiger partial charge in [0.05, 0.1) is 4.90 Å². The maximum absolute atomic E-state index is 12.7. The molecule has 2 rings (SSSR count). The molecule has 1 unspecified atom stereocenters. The predicted octanol–water partition coefficient (Wildman–Crippen LogP) is 1.89. The summed E-state index contributed by atoms with van der Waals surface area (Å²) in [5.41, 5.74) is 1.89. The first kappa shape index (κ1) is 14.5. The zero-order chi connectivity index (χ0) is 14.0. The molecule has 1 atom stereocenters. The van der Waals surface area contributed by atoms with Crippen molar-refractivity contribution in [3.63, 3.8) is 0 Å². The van der Waals surface area contributed by atoms with Crippen LogP contribution in [-0.4, -0.2) is 32.4 Å². The number of hydrogen-bond donors (Lipinski definition) is 1. The minimum Gasteiger partial charge on any atom is -0.316 e. The van der Waals surface area contributed by atoms with Gasteiger partial charge >= 0.3 is 0 Å². The van der Waals surface area contributed by atoms with Gasteiger partial charge in [0, 0.05) is 19.1 Å². The van der Waals surface area contributed by atoms with Crippen molar-refractivity contribution < 1.29 is 8.42 Å². The van der Waals surface area contributed by atoms with Gasteiger partial charge in [-0.2, -0.15) is 4.31 Å². The van der Waals surface area contributed by atoms with Crippen LogP contribution >= 0.6 is 0 Å². The third-order valence-corrected chi connectivity index (χ3v) is 6.00. The van der Waals surface area contributed by atoms with Crippen LogP contribution in [0, 0.1) is 6.92 Å². The molecular formula is C14H22N2O2S. The number of hydrogen-bond acceptors (Lipinski definition) is 3. The van der Waals surface area contributed by atoms with Crippen LogP contribution in [0.5, 0.6) is 0 Å².